The lowest BCUT2D eigenvalue weighted by atomic mass is 10.1. The Balaban J connectivity index is 1.72. The van der Waals surface area contributed by atoms with E-state index in [0.717, 1.165) is 36.4 Å². The van der Waals surface area contributed by atoms with Gasteiger partial charge < -0.3 is 14.4 Å². The molecule has 6 heteroatoms. The minimum Gasteiger partial charge on any atom is -0.345 e. The summed E-state index contributed by atoms with van der Waals surface area (Å²) in [6, 6.07) is 16.6. The summed E-state index contributed by atoms with van der Waals surface area (Å²) in [5.41, 5.74) is 3.60. The van der Waals surface area contributed by atoms with Gasteiger partial charge in [0, 0.05) is 36.4 Å². The third-order valence-corrected chi connectivity index (χ3v) is 7.28. The van der Waals surface area contributed by atoms with Gasteiger partial charge in [0.2, 0.25) is 11.8 Å². The van der Waals surface area contributed by atoms with E-state index in [2.05, 4.69) is 68.8 Å². The first-order chi connectivity index (χ1) is 17.4. The maximum atomic E-state index is 13.6. The van der Waals surface area contributed by atoms with Crippen LogP contribution >= 0.6 is 11.3 Å². The number of hydrogen-bond donors (Lipinski definition) is 0. The Morgan fingerprint density at radius 3 is 2.53 bits per heavy atom. The second-order valence-corrected chi connectivity index (χ2v) is 11.1. The lowest BCUT2D eigenvalue weighted by Crippen LogP contribution is -2.44. The van der Waals surface area contributed by atoms with E-state index >= 15 is 0 Å². The predicted octanol–water partition coefficient (Wildman–Crippen LogP) is 6.15. The Labute approximate surface area is 220 Å². The van der Waals surface area contributed by atoms with Gasteiger partial charge in [0.25, 0.3) is 0 Å². The minimum absolute atomic E-state index is 0.0232. The van der Waals surface area contributed by atoms with E-state index in [4.69, 9.17) is 0 Å². The molecule has 5 nitrogen and oxygen atoms in total. The van der Waals surface area contributed by atoms with Crippen LogP contribution in [0.15, 0.2) is 60.1 Å². The van der Waals surface area contributed by atoms with Crippen molar-refractivity contribution in [1.29, 1.82) is 0 Å². The van der Waals surface area contributed by atoms with Crippen molar-refractivity contribution in [3.8, 4) is 0 Å². The molecule has 2 aromatic heterocycles. The molecule has 0 atom stereocenters. The minimum atomic E-state index is 0.0232. The molecule has 0 N–H and O–H groups in total. The third kappa shape index (κ3) is 8.66. The monoisotopic (exact) mass is 507 g/mol. The number of amides is 2. The number of hydrogen-bond acceptors (Lipinski definition) is 3. The molecule has 0 saturated carbocycles. The molecule has 0 saturated heterocycles. The number of nitrogens with zero attached hydrogens (tertiary/aromatic N) is 3. The summed E-state index contributed by atoms with van der Waals surface area (Å²) in [6.45, 7) is 11.3. The van der Waals surface area contributed by atoms with Gasteiger partial charge in [0.1, 0.15) is 0 Å². The Morgan fingerprint density at radius 2 is 1.83 bits per heavy atom. The normalized spacial score (nSPS) is 11.1. The van der Waals surface area contributed by atoms with E-state index in [1.165, 1.54) is 11.1 Å². The Kier molecular flexibility index (Phi) is 10.8. The first kappa shape index (κ1) is 27.7. The second-order valence-electron chi connectivity index (χ2n) is 10.0. The van der Waals surface area contributed by atoms with Gasteiger partial charge in [-0.2, -0.15) is 0 Å². The molecular formula is C30H41N3O2S. The first-order valence-corrected chi connectivity index (χ1v) is 14.0. The summed E-state index contributed by atoms with van der Waals surface area (Å²) in [4.78, 5) is 31.5. The van der Waals surface area contributed by atoms with Crippen LogP contribution in [0.5, 0.6) is 0 Å². The zero-order valence-electron chi connectivity index (χ0n) is 22.3. The van der Waals surface area contributed by atoms with Gasteiger partial charge in [0.15, 0.2) is 0 Å². The lowest BCUT2D eigenvalue weighted by molar-refractivity contribution is -0.140. The van der Waals surface area contributed by atoms with Crippen molar-refractivity contribution in [2.75, 3.05) is 19.6 Å². The molecule has 0 fully saturated rings. The Bertz CT molecular complexity index is 1090. The molecule has 0 unspecified atom stereocenters. The van der Waals surface area contributed by atoms with Crippen molar-refractivity contribution in [3.63, 3.8) is 0 Å². The van der Waals surface area contributed by atoms with Crippen molar-refractivity contribution in [1.82, 2.24) is 14.4 Å². The molecule has 0 radical (unpaired) electrons. The zero-order chi connectivity index (χ0) is 25.9. The number of aromatic nitrogens is 1. The standard InChI is InChI=1S/C30H41N3O2S/c1-5-6-15-32(22-27-12-8-16-31(27)21-26-11-7-10-25(4)19-26)30(35)23-33(17-14-24(2)3)29(34)20-28-13-9-18-36-28/h7-13,16,18-19,24H,5-6,14-15,17,20-23H2,1-4H3. The van der Waals surface area contributed by atoms with Crippen LogP contribution in [0.2, 0.25) is 0 Å². The predicted molar refractivity (Wildman–Crippen MR) is 149 cm³/mol. The van der Waals surface area contributed by atoms with Gasteiger partial charge in [0.05, 0.1) is 19.5 Å². The third-order valence-electron chi connectivity index (χ3n) is 6.41. The van der Waals surface area contributed by atoms with E-state index < -0.39 is 0 Å². The maximum absolute atomic E-state index is 13.6. The van der Waals surface area contributed by atoms with Gasteiger partial charge in [-0.15, -0.1) is 11.3 Å². The summed E-state index contributed by atoms with van der Waals surface area (Å²) >= 11 is 1.59. The SMILES string of the molecule is CCCCN(Cc1cccn1Cc1cccc(C)c1)C(=O)CN(CCC(C)C)C(=O)Cc1cccs1. The summed E-state index contributed by atoms with van der Waals surface area (Å²) in [6.07, 6.45) is 5.29. The fourth-order valence-electron chi connectivity index (χ4n) is 4.23. The smallest absolute Gasteiger partial charge is 0.242 e. The molecule has 0 spiro atoms. The molecule has 2 heterocycles. The molecule has 0 aliphatic carbocycles. The number of benzene rings is 1. The lowest BCUT2D eigenvalue weighted by Gasteiger charge is -2.28. The van der Waals surface area contributed by atoms with Crippen LogP contribution in [0.3, 0.4) is 0 Å². The van der Waals surface area contributed by atoms with E-state index in [9.17, 15) is 9.59 Å². The quantitative estimate of drug-likeness (QED) is 0.263. The molecule has 0 aliphatic rings. The number of unbranched alkanes of at least 4 members (excludes halogenated alkanes) is 1. The number of thiophene rings is 1. The highest BCUT2D eigenvalue weighted by molar-refractivity contribution is 7.10. The Hall–Kier alpha value is -2.86. The zero-order valence-corrected chi connectivity index (χ0v) is 23.1. The maximum Gasteiger partial charge on any atom is 0.242 e. The molecule has 0 bridgehead atoms. The van der Waals surface area contributed by atoms with E-state index in [1.807, 2.05) is 28.5 Å². The molecule has 194 valence electrons. The van der Waals surface area contributed by atoms with Gasteiger partial charge in [-0.25, -0.2) is 0 Å². The largest absolute Gasteiger partial charge is 0.345 e. The van der Waals surface area contributed by atoms with Crippen molar-refractivity contribution in [2.45, 2.75) is 66.5 Å². The molecule has 3 aromatic rings. The van der Waals surface area contributed by atoms with Crippen LogP contribution < -0.4 is 0 Å². The summed E-state index contributed by atoms with van der Waals surface area (Å²) in [5, 5.41) is 1.99. The van der Waals surface area contributed by atoms with E-state index in [0.29, 0.717) is 32.0 Å². The van der Waals surface area contributed by atoms with Gasteiger partial charge >= 0.3 is 0 Å². The number of aryl methyl sites for hydroxylation is 1. The fourth-order valence-corrected chi connectivity index (χ4v) is 4.93. The summed E-state index contributed by atoms with van der Waals surface area (Å²) in [5.74, 6) is 0.526. The summed E-state index contributed by atoms with van der Waals surface area (Å²) < 4.78 is 2.22. The van der Waals surface area contributed by atoms with Crippen molar-refractivity contribution in [3.05, 3.63) is 81.8 Å². The topological polar surface area (TPSA) is 45.6 Å². The van der Waals surface area contributed by atoms with Crippen molar-refractivity contribution >= 4 is 23.2 Å². The van der Waals surface area contributed by atoms with Crippen LogP contribution in [0.25, 0.3) is 0 Å². The highest BCUT2D eigenvalue weighted by atomic mass is 32.1. The number of carbonyl (C=O) groups excluding carboxylic acids is 2. The molecule has 2 amide bonds. The van der Waals surface area contributed by atoms with Gasteiger partial charge in [-0.05, 0) is 54.8 Å². The number of rotatable bonds is 14. The van der Waals surface area contributed by atoms with Crippen molar-refractivity contribution < 1.29 is 9.59 Å². The van der Waals surface area contributed by atoms with Crippen molar-refractivity contribution in [2.24, 2.45) is 5.92 Å². The molecule has 1 aromatic carbocycles. The molecule has 3 rings (SSSR count). The highest BCUT2D eigenvalue weighted by Gasteiger charge is 2.22. The van der Waals surface area contributed by atoms with Crippen LogP contribution in [0.4, 0.5) is 0 Å². The van der Waals surface area contributed by atoms with Gasteiger partial charge in [-0.1, -0.05) is 63.1 Å². The Morgan fingerprint density at radius 1 is 1.00 bits per heavy atom. The average molecular weight is 508 g/mol. The number of carbonyl (C=O) groups is 2. The molecule has 0 aliphatic heterocycles. The highest BCUT2D eigenvalue weighted by Crippen LogP contribution is 2.15. The van der Waals surface area contributed by atoms with Crippen LogP contribution in [-0.4, -0.2) is 45.8 Å². The van der Waals surface area contributed by atoms with Crippen LogP contribution in [0.1, 0.15) is 61.7 Å². The summed E-state index contributed by atoms with van der Waals surface area (Å²) in [7, 11) is 0. The second kappa shape index (κ2) is 14.0. The molecule has 36 heavy (non-hydrogen) atoms. The first-order valence-electron chi connectivity index (χ1n) is 13.1. The molecular weight excluding hydrogens is 466 g/mol. The van der Waals surface area contributed by atoms with Gasteiger partial charge in [-0.3, -0.25) is 9.59 Å². The van der Waals surface area contributed by atoms with Crippen LogP contribution in [-0.2, 0) is 29.1 Å². The average Bonchev–Trinajstić information content (AvgIpc) is 3.51. The van der Waals surface area contributed by atoms with E-state index in [1.54, 1.807) is 16.2 Å². The van der Waals surface area contributed by atoms with Crippen LogP contribution in [0, 0.1) is 12.8 Å². The van der Waals surface area contributed by atoms with E-state index in [-0.39, 0.29) is 18.4 Å². The fraction of sp³-hybridized carbons (Fsp3) is 0.467.